The molecule has 0 heterocycles. The molecule has 7 atom stereocenters. The number of halogens is 7. The second-order valence-corrected chi connectivity index (χ2v) is 16.7. The molecule has 1 unspecified atom stereocenters. The van der Waals surface area contributed by atoms with Crippen molar-refractivity contribution in [3.63, 3.8) is 0 Å². The number of unbranched alkanes of at least 4 members (excludes halogenated alkanes) is 6. The van der Waals surface area contributed by atoms with Crippen molar-refractivity contribution < 1.29 is 36.4 Å². The van der Waals surface area contributed by atoms with Crippen LogP contribution in [0, 0.1) is 23.2 Å². The number of aromatic hydroxyl groups is 1. The predicted octanol–water partition coefficient (Wildman–Crippen LogP) is 10.2. The number of hydrogen-bond donors (Lipinski definition) is 2. The number of rotatable bonds is 14. The molecule has 43 heavy (non-hydrogen) atoms. The largest absolute Gasteiger partial charge is 0.506 e. The number of phenols is 1. The summed E-state index contributed by atoms with van der Waals surface area (Å²) in [5.41, 5.74) is 2.57. The first-order valence-corrected chi connectivity index (χ1v) is 18.9. The average Bonchev–Trinajstić information content (AvgIpc) is 3.24. The summed E-state index contributed by atoms with van der Waals surface area (Å²) in [5, 5.41) is 21.5. The third-order valence-electron chi connectivity index (χ3n) is 10.7. The summed E-state index contributed by atoms with van der Waals surface area (Å²) in [6.45, 7) is 2.29. The second-order valence-electron chi connectivity index (χ2n) is 13.4. The molecular weight excluding hydrogens is 719 g/mol. The highest BCUT2D eigenvalue weighted by molar-refractivity contribution is 9.11. The lowest BCUT2D eigenvalue weighted by molar-refractivity contribution is -0.284. The molecule has 2 fully saturated rings. The summed E-state index contributed by atoms with van der Waals surface area (Å²) < 4.78 is 76.2. The number of aliphatic hydroxyl groups excluding tert-OH is 1. The van der Waals surface area contributed by atoms with Gasteiger partial charge in [0, 0.05) is 28.7 Å². The van der Waals surface area contributed by atoms with E-state index in [1.807, 2.05) is 0 Å². The van der Waals surface area contributed by atoms with Crippen molar-refractivity contribution in [2.45, 2.75) is 127 Å². The lowest BCUT2D eigenvalue weighted by Gasteiger charge is -2.53. The molecule has 0 saturated heterocycles. The fourth-order valence-electron chi connectivity index (χ4n) is 8.34. The number of aliphatic hydroxyl groups is 1. The molecule has 2 N–H and O–H groups in total. The first-order valence-electron chi connectivity index (χ1n) is 15.8. The van der Waals surface area contributed by atoms with Gasteiger partial charge in [0.2, 0.25) is 0 Å². The van der Waals surface area contributed by atoms with Crippen LogP contribution in [0.25, 0.3) is 0 Å². The maximum atomic E-state index is 13.0. The van der Waals surface area contributed by atoms with Crippen molar-refractivity contribution >= 4 is 42.7 Å². The molecule has 1 aromatic carbocycles. The zero-order valence-corrected chi connectivity index (χ0v) is 28.8. The molecule has 0 amide bonds. The third kappa shape index (κ3) is 8.01. The Bertz CT molecular complexity index is 1130. The van der Waals surface area contributed by atoms with Gasteiger partial charge in [0.25, 0.3) is 0 Å². The third-order valence-corrected chi connectivity index (χ3v) is 13.7. The average molecular weight is 765 g/mol. The summed E-state index contributed by atoms with van der Waals surface area (Å²) in [5.74, 6) is -2.23. The molecule has 3 nitrogen and oxygen atoms in total. The van der Waals surface area contributed by atoms with Crippen LogP contribution in [0.3, 0.4) is 0 Å². The van der Waals surface area contributed by atoms with E-state index in [4.69, 9.17) is 0 Å². The smallest absolute Gasteiger partial charge is 0.453 e. The van der Waals surface area contributed by atoms with Gasteiger partial charge in [-0.3, -0.25) is 4.21 Å². The van der Waals surface area contributed by atoms with Crippen molar-refractivity contribution in [1.82, 2.24) is 0 Å². The minimum atomic E-state index is -5.55. The number of fused-ring (bicyclic) bond motifs is 5. The molecule has 246 valence electrons. The lowest BCUT2D eigenvalue weighted by atomic mass is 9.52. The van der Waals surface area contributed by atoms with Crippen LogP contribution in [0.1, 0.15) is 114 Å². The maximum Gasteiger partial charge on any atom is 0.453 e. The molecule has 2 saturated carbocycles. The van der Waals surface area contributed by atoms with E-state index in [1.165, 1.54) is 11.1 Å². The molecule has 3 aliphatic carbocycles. The summed E-state index contributed by atoms with van der Waals surface area (Å²) in [7, 11) is -1.36. The molecule has 11 heteroatoms. The van der Waals surface area contributed by atoms with Gasteiger partial charge in [0.15, 0.2) is 0 Å². The van der Waals surface area contributed by atoms with E-state index in [9.17, 15) is 36.4 Å². The van der Waals surface area contributed by atoms with Gasteiger partial charge in [0.05, 0.1) is 15.0 Å². The van der Waals surface area contributed by atoms with E-state index < -0.39 is 35.7 Å². The molecule has 0 radical (unpaired) electrons. The van der Waals surface area contributed by atoms with Crippen LogP contribution in [0.2, 0.25) is 0 Å². The van der Waals surface area contributed by atoms with Gasteiger partial charge in [-0.2, -0.15) is 22.0 Å². The van der Waals surface area contributed by atoms with Crippen molar-refractivity contribution in [2.24, 2.45) is 23.2 Å². The Kier molecular flexibility index (Phi) is 12.1. The summed E-state index contributed by atoms with van der Waals surface area (Å²) in [6.07, 6.45) is 5.60. The Labute approximate surface area is 271 Å². The van der Waals surface area contributed by atoms with E-state index in [-0.39, 0.29) is 23.0 Å². The van der Waals surface area contributed by atoms with Crippen LogP contribution in [-0.4, -0.2) is 44.1 Å². The molecule has 0 aromatic heterocycles. The van der Waals surface area contributed by atoms with E-state index in [0.29, 0.717) is 35.8 Å². The van der Waals surface area contributed by atoms with Gasteiger partial charge >= 0.3 is 12.1 Å². The van der Waals surface area contributed by atoms with Crippen molar-refractivity contribution in [3.05, 3.63) is 26.1 Å². The van der Waals surface area contributed by atoms with Gasteiger partial charge in [-0.25, -0.2) is 0 Å². The lowest BCUT2D eigenvalue weighted by Crippen LogP contribution is -2.47. The van der Waals surface area contributed by atoms with E-state index in [0.717, 1.165) is 86.0 Å². The van der Waals surface area contributed by atoms with E-state index >= 15 is 0 Å². The Hall–Kier alpha value is -0.260. The summed E-state index contributed by atoms with van der Waals surface area (Å²) >= 11 is 7.24. The second kappa shape index (κ2) is 14.7. The SMILES string of the molecule is C[C@]12CC[C@@H]3c4cc(Br)c(O)c(Br)c4C[C@@H](CCCCCCCCCS(=O)CCCC(F)(F)C(F)(F)F)[C@H]3[C@@H]1CC[C@@H]2O. The van der Waals surface area contributed by atoms with Crippen LogP contribution in [-0.2, 0) is 17.2 Å². The van der Waals surface area contributed by atoms with Crippen LogP contribution in [0.5, 0.6) is 5.75 Å². The Morgan fingerprint density at radius 1 is 0.953 bits per heavy atom. The van der Waals surface area contributed by atoms with Crippen LogP contribution >= 0.6 is 31.9 Å². The zero-order valence-electron chi connectivity index (χ0n) is 24.8. The Morgan fingerprint density at radius 2 is 1.58 bits per heavy atom. The quantitative estimate of drug-likeness (QED) is 0.147. The van der Waals surface area contributed by atoms with E-state index in [2.05, 4.69) is 44.8 Å². The van der Waals surface area contributed by atoms with Crippen molar-refractivity contribution in [3.8, 4) is 5.75 Å². The zero-order chi connectivity index (χ0) is 31.6. The molecule has 1 aromatic rings. The molecule has 3 aliphatic rings. The fraction of sp³-hybridized carbons (Fsp3) is 0.812. The topological polar surface area (TPSA) is 57.5 Å². The minimum Gasteiger partial charge on any atom is -0.506 e. The molecule has 4 rings (SSSR count). The predicted molar refractivity (Wildman–Crippen MR) is 168 cm³/mol. The summed E-state index contributed by atoms with van der Waals surface area (Å²) in [4.78, 5) is 0. The Balaban J connectivity index is 1.20. The minimum absolute atomic E-state index is 0.0138. The highest BCUT2D eigenvalue weighted by atomic mass is 79.9. The monoisotopic (exact) mass is 762 g/mol. The van der Waals surface area contributed by atoms with E-state index in [1.54, 1.807) is 0 Å². The Morgan fingerprint density at radius 3 is 2.26 bits per heavy atom. The van der Waals surface area contributed by atoms with Gasteiger partial charge in [-0.15, -0.1) is 0 Å². The number of phenolic OH excluding ortho intramolecular Hbond substituents is 1. The van der Waals surface area contributed by atoms with Crippen molar-refractivity contribution in [2.75, 3.05) is 11.5 Å². The highest BCUT2D eigenvalue weighted by Gasteiger charge is 2.57. The molecule has 0 aliphatic heterocycles. The highest BCUT2D eigenvalue weighted by Crippen LogP contribution is 2.63. The standard InChI is InChI=1S/C32H45Br2F5O3S/c1-30-15-13-21-22-19-25(33)29(41)28(34)23(22)18-20(27(21)24(30)11-12-26(30)40)10-7-5-3-2-4-6-8-16-43(42)17-9-14-31(35,36)32(37,38)39/h19-21,24,26-27,40-41H,2-18H2,1H3/t20-,21-,24+,26+,27-,30+,43?/m1/s1. The van der Waals surface area contributed by atoms with Gasteiger partial charge in [0.1, 0.15) is 5.75 Å². The number of benzene rings is 1. The first-order chi connectivity index (χ1) is 20.2. The van der Waals surface area contributed by atoms with Gasteiger partial charge in [-0.1, -0.05) is 45.4 Å². The van der Waals surface area contributed by atoms with Crippen LogP contribution in [0.15, 0.2) is 15.0 Å². The van der Waals surface area contributed by atoms with Crippen LogP contribution < -0.4 is 0 Å². The maximum absolute atomic E-state index is 13.0. The van der Waals surface area contributed by atoms with Gasteiger partial charge in [-0.05, 0) is 130 Å². The molecule has 0 spiro atoms. The first kappa shape index (κ1) is 35.6. The van der Waals surface area contributed by atoms with Gasteiger partial charge < -0.3 is 10.2 Å². The number of hydrogen-bond acceptors (Lipinski definition) is 3. The summed E-state index contributed by atoms with van der Waals surface area (Å²) in [6, 6.07) is 2.12. The fourth-order valence-corrected chi connectivity index (χ4v) is 10.8. The van der Waals surface area contributed by atoms with Crippen LogP contribution in [0.4, 0.5) is 22.0 Å². The normalized spacial score (nSPS) is 29.7. The molecular formula is C32H45Br2F5O3S. The molecule has 0 bridgehead atoms. The number of alkyl halides is 5. The van der Waals surface area contributed by atoms with Crippen molar-refractivity contribution in [1.29, 1.82) is 0 Å².